The third-order valence-electron chi connectivity index (χ3n) is 9.96. The number of nitrogens with zero attached hydrogens (tertiary/aromatic N) is 1. The lowest BCUT2D eigenvalue weighted by molar-refractivity contribution is -0.161. The molecule has 2 aliphatic heterocycles. The summed E-state index contributed by atoms with van der Waals surface area (Å²) in [6.45, 7) is 1.53. The number of esters is 1. The van der Waals surface area contributed by atoms with Crippen LogP contribution in [-0.4, -0.2) is 50.7 Å². The van der Waals surface area contributed by atoms with E-state index in [0.717, 1.165) is 30.6 Å². The standard InChI is InChI=1S/C34H33NO5/c1-38-28-10-6-3-7-22(28)11-14-31(36)35-20-30-33(24-12-13-29-23(19-24)16-18-40-29)17-15-27(25-8-4-5-9-26(25)33)34(30,21-35)32(37)39-2/h3-14,19,27,30H,15-18,20-21H2,1-2H3/b14-11+/t27-,30-,33-,34-/m0/s1. The number of carbonyl (C=O) groups excluding carboxylic acids is 2. The highest BCUT2D eigenvalue weighted by molar-refractivity contribution is 5.94. The van der Waals surface area contributed by atoms with Crippen molar-refractivity contribution >= 4 is 18.0 Å². The minimum atomic E-state index is -0.815. The second-order valence-corrected chi connectivity index (χ2v) is 11.4. The largest absolute Gasteiger partial charge is 0.496 e. The second-order valence-electron chi connectivity index (χ2n) is 11.4. The third-order valence-corrected chi connectivity index (χ3v) is 9.96. The van der Waals surface area contributed by atoms with Gasteiger partial charge in [0.2, 0.25) is 5.91 Å². The zero-order valence-corrected chi connectivity index (χ0v) is 22.9. The molecule has 3 aromatic carbocycles. The molecule has 6 nitrogen and oxygen atoms in total. The van der Waals surface area contributed by atoms with Crippen molar-refractivity contribution in [3.05, 3.63) is 101 Å². The number of hydrogen-bond acceptors (Lipinski definition) is 5. The van der Waals surface area contributed by atoms with Crippen LogP contribution in [0.5, 0.6) is 11.5 Å². The Labute approximate surface area is 234 Å². The van der Waals surface area contributed by atoms with Crippen LogP contribution >= 0.6 is 0 Å². The summed E-state index contributed by atoms with van der Waals surface area (Å²) in [6.07, 6.45) is 6.09. The molecule has 5 aliphatic rings. The minimum Gasteiger partial charge on any atom is -0.496 e. The molecule has 1 amide bonds. The molecule has 40 heavy (non-hydrogen) atoms. The molecule has 0 radical (unpaired) electrons. The van der Waals surface area contributed by atoms with Crippen molar-refractivity contribution in [2.75, 3.05) is 33.9 Å². The monoisotopic (exact) mass is 535 g/mol. The molecule has 4 atom stereocenters. The Balaban J connectivity index is 1.35. The van der Waals surface area contributed by atoms with E-state index in [1.165, 1.54) is 29.4 Å². The fourth-order valence-electron chi connectivity index (χ4n) is 8.33. The van der Waals surface area contributed by atoms with Crippen molar-refractivity contribution < 1.29 is 23.8 Å². The number of methoxy groups -OCH3 is 2. The Hall–Kier alpha value is -4.06. The van der Waals surface area contributed by atoms with Crippen molar-refractivity contribution in [3.63, 3.8) is 0 Å². The molecule has 0 spiro atoms. The number of carbonyl (C=O) groups is 2. The highest BCUT2D eigenvalue weighted by Gasteiger charge is 2.71. The van der Waals surface area contributed by atoms with Crippen molar-refractivity contribution in [1.29, 1.82) is 0 Å². The molecule has 0 unspecified atom stereocenters. The number of hydrogen-bond donors (Lipinski definition) is 0. The van der Waals surface area contributed by atoms with Gasteiger partial charge in [-0.05, 0) is 53.3 Å². The van der Waals surface area contributed by atoms with E-state index in [1.54, 1.807) is 19.3 Å². The summed E-state index contributed by atoms with van der Waals surface area (Å²) in [5.74, 6) is 1.23. The summed E-state index contributed by atoms with van der Waals surface area (Å²) in [4.78, 5) is 29.6. The van der Waals surface area contributed by atoms with E-state index in [9.17, 15) is 9.59 Å². The predicted molar refractivity (Wildman–Crippen MR) is 151 cm³/mol. The minimum absolute atomic E-state index is 0.00298. The molecule has 3 aliphatic carbocycles. The number of likely N-dealkylation sites (tertiary alicyclic amines) is 1. The lowest BCUT2D eigenvalue weighted by Gasteiger charge is -2.59. The van der Waals surface area contributed by atoms with Gasteiger partial charge in [-0.3, -0.25) is 9.59 Å². The van der Waals surface area contributed by atoms with Gasteiger partial charge >= 0.3 is 5.97 Å². The van der Waals surface area contributed by atoms with Gasteiger partial charge in [0.1, 0.15) is 11.5 Å². The van der Waals surface area contributed by atoms with Gasteiger partial charge in [-0.2, -0.15) is 0 Å². The van der Waals surface area contributed by atoms with E-state index in [1.807, 2.05) is 29.2 Å². The average Bonchev–Trinajstić information content (AvgIpc) is 3.66. The molecule has 0 N–H and O–H groups in total. The SMILES string of the molecule is COC(=O)[C@]12CN(C(=O)/C=C/c3ccccc3OC)C[C@H]1[C@]1(c3ccc4c(c3)CCO4)CC[C@H]2c2ccccc21. The summed E-state index contributed by atoms with van der Waals surface area (Å²) in [7, 11) is 3.10. The second kappa shape index (κ2) is 9.26. The van der Waals surface area contributed by atoms with Crippen LogP contribution in [0.15, 0.2) is 72.8 Å². The molecule has 6 heteroatoms. The Morgan fingerprint density at radius 1 is 1.05 bits per heavy atom. The van der Waals surface area contributed by atoms with E-state index < -0.39 is 10.8 Å². The van der Waals surface area contributed by atoms with Gasteiger partial charge in [-0.1, -0.05) is 54.6 Å². The van der Waals surface area contributed by atoms with Crippen LogP contribution in [0.25, 0.3) is 6.08 Å². The van der Waals surface area contributed by atoms with Crippen LogP contribution in [0, 0.1) is 11.3 Å². The van der Waals surface area contributed by atoms with E-state index in [0.29, 0.717) is 25.4 Å². The van der Waals surface area contributed by atoms with Crippen LogP contribution < -0.4 is 9.47 Å². The lowest BCUT2D eigenvalue weighted by atomic mass is 9.42. The van der Waals surface area contributed by atoms with Crippen LogP contribution in [0.2, 0.25) is 0 Å². The van der Waals surface area contributed by atoms with Gasteiger partial charge in [0.05, 0.1) is 26.2 Å². The maximum Gasteiger partial charge on any atom is 0.314 e. The first kappa shape index (κ1) is 24.9. The number of ether oxygens (including phenoxy) is 3. The summed E-state index contributed by atoms with van der Waals surface area (Å²) in [5.41, 5.74) is 4.54. The predicted octanol–water partition coefficient (Wildman–Crippen LogP) is 5.14. The highest BCUT2D eigenvalue weighted by atomic mass is 16.5. The number of benzene rings is 3. The lowest BCUT2D eigenvalue weighted by Crippen LogP contribution is -2.60. The molecular formula is C34H33NO5. The van der Waals surface area contributed by atoms with Gasteiger partial charge in [0, 0.05) is 48.4 Å². The van der Waals surface area contributed by atoms with Gasteiger partial charge < -0.3 is 19.1 Å². The highest BCUT2D eigenvalue weighted by Crippen LogP contribution is 2.69. The molecule has 204 valence electrons. The van der Waals surface area contributed by atoms with Gasteiger partial charge in [0.15, 0.2) is 0 Å². The van der Waals surface area contributed by atoms with Gasteiger partial charge in [0.25, 0.3) is 0 Å². The zero-order valence-electron chi connectivity index (χ0n) is 22.9. The number of rotatable bonds is 5. The summed E-state index contributed by atoms with van der Waals surface area (Å²) in [5, 5.41) is 0. The fourth-order valence-corrected chi connectivity index (χ4v) is 8.33. The topological polar surface area (TPSA) is 65.1 Å². The van der Waals surface area contributed by atoms with Gasteiger partial charge in [-0.25, -0.2) is 0 Å². The summed E-state index contributed by atoms with van der Waals surface area (Å²) in [6, 6.07) is 22.8. The Morgan fingerprint density at radius 3 is 2.73 bits per heavy atom. The molecule has 0 aromatic heterocycles. The van der Waals surface area contributed by atoms with Crippen molar-refractivity contribution in [2.45, 2.75) is 30.6 Å². The molecule has 2 heterocycles. The first-order valence-corrected chi connectivity index (χ1v) is 14.1. The normalized spacial score (nSPS) is 27.6. The van der Waals surface area contributed by atoms with Crippen molar-refractivity contribution in [3.8, 4) is 11.5 Å². The molecule has 8 rings (SSSR count). The quantitative estimate of drug-likeness (QED) is 0.335. The summed E-state index contributed by atoms with van der Waals surface area (Å²) >= 11 is 0. The van der Waals surface area contributed by atoms with Crippen LogP contribution in [0.3, 0.4) is 0 Å². The number of para-hydroxylation sites is 1. The third kappa shape index (κ3) is 3.34. The zero-order chi connectivity index (χ0) is 27.5. The maximum absolute atomic E-state index is 13.9. The molecule has 2 bridgehead atoms. The maximum atomic E-state index is 13.9. The first-order chi connectivity index (χ1) is 19.5. The fraction of sp³-hybridized carbons (Fsp3) is 0.353. The number of amides is 1. The van der Waals surface area contributed by atoms with E-state index in [-0.39, 0.29) is 23.7 Å². The first-order valence-electron chi connectivity index (χ1n) is 14.1. The van der Waals surface area contributed by atoms with Crippen LogP contribution in [0.4, 0.5) is 0 Å². The Kier molecular flexibility index (Phi) is 5.77. The molecule has 3 aromatic rings. The van der Waals surface area contributed by atoms with Crippen LogP contribution in [-0.2, 0) is 26.2 Å². The van der Waals surface area contributed by atoms with E-state index in [4.69, 9.17) is 14.2 Å². The van der Waals surface area contributed by atoms with E-state index >= 15 is 0 Å². The van der Waals surface area contributed by atoms with E-state index in [2.05, 4.69) is 42.5 Å². The Morgan fingerprint density at radius 2 is 1.88 bits per heavy atom. The summed E-state index contributed by atoms with van der Waals surface area (Å²) < 4.78 is 16.9. The molecule has 2 fully saturated rings. The van der Waals surface area contributed by atoms with Gasteiger partial charge in [-0.15, -0.1) is 0 Å². The molecule has 1 saturated carbocycles. The average molecular weight is 536 g/mol. The molecular weight excluding hydrogens is 502 g/mol. The van der Waals surface area contributed by atoms with Crippen LogP contribution in [0.1, 0.15) is 46.6 Å². The van der Waals surface area contributed by atoms with Crippen molar-refractivity contribution in [1.82, 2.24) is 4.90 Å². The Bertz CT molecular complexity index is 1540. The molecule has 1 saturated heterocycles. The smallest absolute Gasteiger partial charge is 0.314 e. The van der Waals surface area contributed by atoms with Crippen molar-refractivity contribution in [2.24, 2.45) is 11.3 Å². The number of fused-ring (bicyclic) bond motifs is 2.